The molecule has 3 rings (SSSR count). The SMILES string of the molecule is C(#Cc1ccc(N=Cc2ccccn2)cc1)c1ccccc1. The lowest BCUT2D eigenvalue weighted by Gasteiger charge is -1.95. The van der Waals surface area contributed by atoms with E-state index in [4.69, 9.17) is 0 Å². The van der Waals surface area contributed by atoms with Gasteiger partial charge in [0.25, 0.3) is 0 Å². The van der Waals surface area contributed by atoms with E-state index in [1.54, 1.807) is 12.4 Å². The van der Waals surface area contributed by atoms with Crippen LogP contribution in [0.15, 0.2) is 84.0 Å². The standard InChI is InChI=1S/C20H14N2/c1-2-6-17(7-3-1)9-10-18-11-13-19(14-12-18)22-16-20-8-4-5-15-21-20/h1-8,11-16H. The maximum Gasteiger partial charge on any atom is 0.0812 e. The summed E-state index contributed by atoms with van der Waals surface area (Å²) in [6.07, 6.45) is 3.51. The van der Waals surface area contributed by atoms with Crippen molar-refractivity contribution in [3.63, 3.8) is 0 Å². The van der Waals surface area contributed by atoms with Gasteiger partial charge >= 0.3 is 0 Å². The zero-order valence-electron chi connectivity index (χ0n) is 12.0. The first-order valence-electron chi connectivity index (χ1n) is 7.02. The first-order valence-corrected chi connectivity index (χ1v) is 7.02. The summed E-state index contributed by atoms with van der Waals surface area (Å²) in [4.78, 5) is 8.60. The van der Waals surface area contributed by atoms with Crippen LogP contribution in [0, 0.1) is 11.8 Å². The molecule has 0 unspecified atom stereocenters. The van der Waals surface area contributed by atoms with Gasteiger partial charge in [-0.25, -0.2) is 0 Å². The Morgan fingerprint density at radius 2 is 1.41 bits per heavy atom. The molecule has 2 aromatic carbocycles. The van der Waals surface area contributed by atoms with Crippen LogP contribution in [0.4, 0.5) is 5.69 Å². The topological polar surface area (TPSA) is 25.2 Å². The highest BCUT2D eigenvalue weighted by Gasteiger charge is 1.91. The molecule has 22 heavy (non-hydrogen) atoms. The second-order valence-electron chi connectivity index (χ2n) is 4.68. The molecule has 0 atom stereocenters. The molecule has 0 aliphatic heterocycles. The number of rotatable bonds is 2. The predicted molar refractivity (Wildman–Crippen MR) is 90.4 cm³/mol. The second-order valence-corrected chi connectivity index (χ2v) is 4.68. The van der Waals surface area contributed by atoms with Gasteiger partial charge in [-0.3, -0.25) is 9.98 Å². The number of aromatic nitrogens is 1. The molecule has 0 aliphatic carbocycles. The van der Waals surface area contributed by atoms with Crippen molar-refractivity contribution in [2.75, 3.05) is 0 Å². The Bertz CT molecular complexity index is 808. The highest BCUT2D eigenvalue weighted by molar-refractivity contribution is 5.79. The molecule has 0 amide bonds. The minimum Gasteiger partial charge on any atom is -0.255 e. The Hall–Kier alpha value is -3.18. The molecule has 0 radical (unpaired) electrons. The monoisotopic (exact) mass is 282 g/mol. The quantitative estimate of drug-likeness (QED) is 0.510. The van der Waals surface area contributed by atoms with Gasteiger partial charge in [0, 0.05) is 17.3 Å². The van der Waals surface area contributed by atoms with Crippen LogP contribution < -0.4 is 0 Å². The third-order valence-electron chi connectivity index (χ3n) is 3.03. The molecule has 0 aliphatic rings. The summed E-state index contributed by atoms with van der Waals surface area (Å²) < 4.78 is 0. The van der Waals surface area contributed by atoms with Gasteiger partial charge in [-0.2, -0.15) is 0 Å². The average Bonchev–Trinajstić information content (AvgIpc) is 2.61. The molecule has 0 bridgehead atoms. The molecule has 1 aromatic heterocycles. The van der Waals surface area contributed by atoms with Crippen LogP contribution in [-0.2, 0) is 0 Å². The van der Waals surface area contributed by atoms with Crippen LogP contribution in [-0.4, -0.2) is 11.2 Å². The first kappa shape index (κ1) is 13.8. The summed E-state index contributed by atoms with van der Waals surface area (Å²) in [5.41, 5.74) is 3.71. The largest absolute Gasteiger partial charge is 0.255 e. The summed E-state index contributed by atoms with van der Waals surface area (Å²) in [7, 11) is 0. The Morgan fingerprint density at radius 3 is 2.09 bits per heavy atom. The van der Waals surface area contributed by atoms with Crippen molar-refractivity contribution in [3.05, 3.63) is 95.8 Å². The van der Waals surface area contributed by atoms with E-state index in [0.29, 0.717) is 0 Å². The van der Waals surface area contributed by atoms with Crippen LogP contribution in [0.2, 0.25) is 0 Å². The van der Waals surface area contributed by atoms with Crippen molar-refractivity contribution in [2.24, 2.45) is 4.99 Å². The maximum absolute atomic E-state index is 4.40. The maximum atomic E-state index is 4.40. The van der Waals surface area contributed by atoms with E-state index in [-0.39, 0.29) is 0 Å². The van der Waals surface area contributed by atoms with E-state index in [0.717, 1.165) is 22.5 Å². The van der Waals surface area contributed by atoms with Crippen molar-refractivity contribution in [3.8, 4) is 11.8 Å². The zero-order valence-corrected chi connectivity index (χ0v) is 12.0. The lowest BCUT2D eigenvalue weighted by atomic mass is 10.2. The molecule has 1 heterocycles. The Kier molecular flexibility index (Phi) is 4.39. The highest BCUT2D eigenvalue weighted by Crippen LogP contribution is 2.12. The summed E-state index contributed by atoms with van der Waals surface area (Å²) in [6, 6.07) is 23.6. The number of nitrogens with zero attached hydrogens (tertiary/aromatic N) is 2. The molecule has 3 aromatic rings. The van der Waals surface area contributed by atoms with E-state index in [2.05, 4.69) is 21.8 Å². The van der Waals surface area contributed by atoms with Gasteiger partial charge in [0.2, 0.25) is 0 Å². The fourth-order valence-electron chi connectivity index (χ4n) is 1.89. The van der Waals surface area contributed by atoms with Crippen molar-refractivity contribution < 1.29 is 0 Å². The van der Waals surface area contributed by atoms with Crippen LogP contribution >= 0.6 is 0 Å². The number of aliphatic imine (C=N–C) groups is 1. The lowest BCUT2D eigenvalue weighted by molar-refractivity contribution is 1.30. The van der Waals surface area contributed by atoms with Crippen LogP contribution in [0.5, 0.6) is 0 Å². The van der Waals surface area contributed by atoms with Gasteiger partial charge < -0.3 is 0 Å². The van der Waals surface area contributed by atoms with Crippen LogP contribution in [0.25, 0.3) is 0 Å². The highest BCUT2D eigenvalue weighted by atomic mass is 14.8. The Morgan fingerprint density at radius 1 is 0.727 bits per heavy atom. The molecule has 0 saturated heterocycles. The second kappa shape index (κ2) is 7.01. The first-order chi connectivity index (χ1) is 10.9. The minimum absolute atomic E-state index is 0.843. The minimum atomic E-state index is 0.843. The van der Waals surface area contributed by atoms with E-state index in [1.165, 1.54) is 0 Å². The van der Waals surface area contributed by atoms with Gasteiger partial charge in [-0.1, -0.05) is 36.1 Å². The van der Waals surface area contributed by atoms with E-state index in [1.807, 2.05) is 72.8 Å². The zero-order chi connectivity index (χ0) is 15.0. The van der Waals surface area contributed by atoms with Crippen molar-refractivity contribution in [2.45, 2.75) is 0 Å². The van der Waals surface area contributed by atoms with Crippen molar-refractivity contribution in [1.82, 2.24) is 4.98 Å². The number of hydrogen-bond donors (Lipinski definition) is 0. The van der Waals surface area contributed by atoms with Crippen molar-refractivity contribution in [1.29, 1.82) is 0 Å². The molecule has 2 nitrogen and oxygen atoms in total. The summed E-state index contributed by atoms with van der Waals surface area (Å²) in [5, 5.41) is 0. The number of pyridine rings is 1. The van der Waals surface area contributed by atoms with Gasteiger partial charge in [0.1, 0.15) is 0 Å². The Labute approximate surface area is 130 Å². The average molecular weight is 282 g/mol. The molecule has 2 heteroatoms. The summed E-state index contributed by atoms with van der Waals surface area (Å²) >= 11 is 0. The van der Waals surface area contributed by atoms with Gasteiger partial charge in [-0.05, 0) is 48.5 Å². The molecule has 0 N–H and O–H groups in total. The fraction of sp³-hybridized carbons (Fsp3) is 0. The Balaban J connectivity index is 1.71. The molecule has 0 spiro atoms. The third kappa shape index (κ3) is 3.91. The normalized spacial score (nSPS) is 10.2. The van der Waals surface area contributed by atoms with Crippen molar-refractivity contribution >= 4 is 11.9 Å². The summed E-state index contributed by atoms with van der Waals surface area (Å²) in [5.74, 6) is 6.29. The van der Waals surface area contributed by atoms with Crippen LogP contribution in [0.1, 0.15) is 16.8 Å². The van der Waals surface area contributed by atoms with Gasteiger partial charge in [0.15, 0.2) is 0 Å². The van der Waals surface area contributed by atoms with E-state index < -0.39 is 0 Å². The molecule has 0 fully saturated rings. The molecule has 104 valence electrons. The number of hydrogen-bond acceptors (Lipinski definition) is 2. The predicted octanol–water partition coefficient (Wildman–Crippen LogP) is 4.23. The van der Waals surface area contributed by atoms with E-state index >= 15 is 0 Å². The van der Waals surface area contributed by atoms with Gasteiger partial charge in [-0.15, -0.1) is 0 Å². The molecular weight excluding hydrogens is 268 g/mol. The van der Waals surface area contributed by atoms with Crippen LogP contribution in [0.3, 0.4) is 0 Å². The molecular formula is C20H14N2. The third-order valence-corrected chi connectivity index (χ3v) is 3.03. The lowest BCUT2D eigenvalue weighted by Crippen LogP contribution is -1.83. The number of benzene rings is 2. The smallest absolute Gasteiger partial charge is 0.0812 e. The van der Waals surface area contributed by atoms with E-state index in [9.17, 15) is 0 Å². The molecule has 0 saturated carbocycles. The fourth-order valence-corrected chi connectivity index (χ4v) is 1.89. The summed E-state index contributed by atoms with van der Waals surface area (Å²) in [6.45, 7) is 0. The van der Waals surface area contributed by atoms with Gasteiger partial charge in [0.05, 0.1) is 17.6 Å².